The lowest BCUT2D eigenvalue weighted by atomic mass is 9.64. The minimum Gasteiger partial charge on any atom is -0.507 e. The summed E-state index contributed by atoms with van der Waals surface area (Å²) in [6.07, 6.45) is 8.03. The molecule has 0 aromatic heterocycles. The van der Waals surface area contributed by atoms with Crippen LogP contribution in [0.5, 0.6) is 5.75 Å². The summed E-state index contributed by atoms with van der Waals surface area (Å²) >= 11 is 3.40. The van der Waals surface area contributed by atoms with Crippen molar-refractivity contribution in [3.8, 4) is 5.75 Å². The van der Waals surface area contributed by atoms with Crippen molar-refractivity contribution in [2.45, 2.75) is 86.3 Å². The Morgan fingerprint density at radius 1 is 0.947 bits per heavy atom. The van der Waals surface area contributed by atoms with Crippen LogP contribution >= 0.6 is 23.5 Å². The van der Waals surface area contributed by atoms with Crippen LogP contribution < -0.4 is 10.6 Å². The van der Waals surface area contributed by atoms with Gasteiger partial charge in [-0.05, 0) is 41.2 Å². The molecule has 0 spiro atoms. The van der Waals surface area contributed by atoms with Crippen LogP contribution in [-0.2, 0) is 4.79 Å². The van der Waals surface area contributed by atoms with Gasteiger partial charge in [-0.15, -0.1) is 11.8 Å². The van der Waals surface area contributed by atoms with Crippen molar-refractivity contribution < 1.29 is 14.7 Å². The van der Waals surface area contributed by atoms with Gasteiger partial charge in [0.15, 0.2) is 0 Å². The molecule has 0 fully saturated rings. The van der Waals surface area contributed by atoms with Gasteiger partial charge in [0, 0.05) is 29.3 Å². The number of thioether (sulfide) groups is 2. The van der Waals surface area contributed by atoms with Crippen molar-refractivity contribution in [3.63, 3.8) is 0 Å². The van der Waals surface area contributed by atoms with E-state index in [0.717, 1.165) is 24.3 Å². The molecule has 0 radical (unpaired) electrons. The molecule has 0 aliphatic rings. The van der Waals surface area contributed by atoms with Crippen LogP contribution in [0.4, 0.5) is 0 Å². The summed E-state index contributed by atoms with van der Waals surface area (Å²) in [5.41, 5.74) is 0.748. The number of carbonyl (C=O) groups is 2. The van der Waals surface area contributed by atoms with Gasteiger partial charge < -0.3 is 15.7 Å². The number of amides is 2. The van der Waals surface area contributed by atoms with Gasteiger partial charge in [-0.25, -0.2) is 0 Å². The van der Waals surface area contributed by atoms with E-state index < -0.39 is 0 Å². The highest BCUT2D eigenvalue weighted by atomic mass is 32.2. The first kappa shape index (κ1) is 34.4. The summed E-state index contributed by atoms with van der Waals surface area (Å²) in [6, 6.07) is 6.51. The van der Waals surface area contributed by atoms with E-state index in [2.05, 4.69) is 85.1 Å². The summed E-state index contributed by atoms with van der Waals surface area (Å²) in [4.78, 5) is 24.5. The van der Waals surface area contributed by atoms with Crippen LogP contribution in [0.1, 0.15) is 91.9 Å². The number of nitrogens with one attached hydrogen (secondary N) is 2. The Hall–Kier alpha value is -1.60. The van der Waals surface area contributed by atoms with Crippen LogP contribution in [0.2, 0.25) is 0 Å². The minimum atomic E-state index is -0.278. The molecule has 216 valence electrons. The lowest BCUT2D eigenvalue weighted by molar-refractivity contribution is -0.118. The number of hydrogen-bond donors (Lipinski definition) is 3. The van der Waals surface area contributed by atoms with Gasteiger partial charge in [0.2, 0.25) is 5.91 Å². The van der Waals surface area contributed by atoms with Crippen LogP contribution in [0.25, 0.3) is 0 Å². The fraction of sp³-hybridized carbons (Fsp3) is 0.677. The van der Waals surface area contributed by atoms with E-state index in [0.29, 0.717) is 24.3 Å². The Kier molecular flexibility index (Phi) is 13.8. The molecule has 3 N–H and O–H groups in total. The summed E-state index contributed by atoms with van der Waals surface area (Å²) in [5, 5.41) is 15.6. The number of rotatable bonds is 17. The highest BCUT2D eigenvalue weighted by Crippen LogP contribution is 2.48. The van der Waals surface area contributed by atoms with E-state index in [9.17, 15) is 14.7 Å². The smallest absolute Gasteiger partial charge is 0.255 e. The zero-order chi connectivity index (χ0) is 29.0. The SMILES string of the molecule is CCC(C)(C)CC=CC(C)(C)C(C)(C)CC(C)(C)SCC(=O)NCCSCCNC(=O)c1ccccc1O. The molecule has 38 heavy (non-hydrogen) atoms. The zero-order valence-corrected chi connectivity index (χ0v) is 26.8. The van der Waals surface area contributed by atoms with E-state index in [4.69, 9.17) is 0 Å². The van der Waals surface area contributed by atoms with Gasteiger partial charge in [0.25, 0.3) is 5.91 Å². The van der Waals surface area contributed by atoms with Crippen LogP contribution in [0, 0.1) is 16.2 Å². The van der Waals surface area contributed by atoms with E-state index in [1.807, 2.05) is 0 Å². The highest BCUT2D eigenvalue weighted by Gasteiger charge is 2.39. The molecule has 1 rings (SSSR count). The van der Waals surface area contributed by atoms with Gasteiger partial charge in [0.05, 0.1) is 11.3 Å². The van der Waals surface area contributed by atoms with Crippen molar-refractivity contribution in [1.29, 1.82) is 0 Å². The van der Waals surface area contributed by atoms with Crippen LogP contribution in [-0.4, -0.2) is 52.0 Å². The molecule has 1 aromatic rings. The lowest BCUT2D eigenvalue weighted by Crippen LogP contribution is -2.38. The van der Waals surface area contributed by atoms with E-state index in [-0.39, 0.29) is 38.7 Å². The zero-order valence-electron chi connectivity index (χ0n) is 25.2. The summed E-state index contributed by atoms with van der Waals surface area (Å²) in [6.45, 7) is 21.8. The van der Waals surface area contributed by atoms with Crippen LogP contribution in [0.3, 0.4) is 0 Å². The second kappa shape index (κ2) is 15.3. The van der Waals surface area contributed by atoms with Crippen molar-refractivity contribution >= 4 is 35.3 Å². The summed E-state index contributed by atoms with van der Waals surface area (Å²) in [7, 11) is 0. The number of aromatic hydroxyl groups is 1. The predicted molar refractivity (Wildman–Crippen MR) is 167 cm³/mol. The summed E-state index contributed by atoms with van der Waals surface area (Å²) < 4.78 is -0.0191. The molecule has 0 heterocycles. The second-order valence-corrected chi connectivity index (χ2v) is 15.6. The topological polar surface area (TPSA) is 78.4 Å². The van der Waals surface area contributed by atoms with Gasteiger partial charge >= 0.3 is 0 Å². The van der Waals surface area contributed by atoms with Crippen molar-refractivity contribution in [2.24, 2.45) is 16.2 Å². The van der Waals surface area contributed by atoms with E-state index >= 15 is 0 Å². The molecule has 2 amide bonds. The quantitative estimate of drug-likeness (QED) is 0.137. The molecule has 5 nitrogen and oxygen atoms in total. The molecule has 0 aliphatic carbocycles. The van der Waals surface area contributed by atoms with E-state index in [1.54, 1.807) is 41.7 Å². The van der Waals surface area contributed by atoms with E-state index in [1.165, 1.54) is 12.5 Å². The molecule has 7 heteroatoms. The first-order chi connectivity index (χ1) is 17.5. The van der Waals surface area contributed by atoms with Crippen molar-refractivity contribution in [3.05, 3.63) is 42.0 Å². The molecule has 0 unspecified atom stereocenters. The minimum absolute atomic E-state index is 0.0166. The maximum Gasteiger partial charge on any atom is 0.255 e. The first-order valence-corrected chi connectivity index (χ1v) is 15.9. The first-order valence-electron chi connectivity index (χ1n) is 13.7. The Morgan fingerprint density at radius 3 is 2.16 bits per heavy atom. The molecule has 0 saturated carbocycles. The molecular weight excluding hydrogens is 512 g/mol. The fourth-order valence-electron chi connectivity index (χ4n) is 4.06. The van der Waals surface area contributed by atoms with Gasteiger partial charge in [-0.3, -0.25) is 9.59 Å². The Bertz CT molecular complexity index is 923. The average Bonchev–Trinajstić information content (AvgIpc) is 2.81. The number of benzene rings is 1. The molecule has 0 aliphatic heterocycles. The Morgan fingerprint density at radius 2 is 1.55 bits per heavy atom. The van der Waals surface area contributed by atoms with Crippen molar-refractivity contribution in [2.75, 3.05) is 30.3 Å². The molecule has 0 atom stereocenters. The molecule has 1 aromatic carbocycles. The number of phenols is 1. The number of para-hydroxylation sites is 1. The highest BCUT2D eigenvalue weighted by molar-refractivity contribution is 8.01. The second-order valence-electron chi connectivity index (χ2n) is 12.7. The normalized spacial score (nSPS) is 13.1. The third-order valence-corrected chi connectivity index (χ3v) is 9.94. The monoisotopic (exact) mass is 564 g/mol. The maximum atomic E-state index is 12.4. The van der Waals surface area contributed by atoms with Gasteiger partial charge in [-0.1, -0.05) is 93.0 Å². The fourth-order valence-corrected chi connectivity index (χ4v) is 5.84. The maximum absolute atomic E-state index is 12.4. The molecule has 0 saturated heterocycles. The summed E-state index contributed by atoms with van der Waals surface area (Å²) in [5.74, 6) is 1.75. The number of hydrogen-bond acceptors (Lipinski definition) is 5. The predicted octanol–water partition coefficient (Wildman–Crippen LogP) is 7.31. The Balaban J connectivity index is 2.33. The third kappa shape index (κ3) is 12.5. The number of phenolic OH excluding ortho intramolecular Hbond substituents is 1. The average molecular weight is 565 g/mol. The van der Waals surface area contributed by atoms with Gasteiger partial charge in [-0.2, -0.15) is 11.8 Å². The van der Waals surface area contributed by atoms with Crippen LogP contribution in [0.15, 0.2) is 36.4 Å². The molecular formula is C31H52N2O3S2. The van der Waals surface area contributed by atoms with Gasteiger partial charge in [0.1, 0.15) is 5.75 Å². The number of allylic oxidation sites excluding steroid dienone is 2. The molecule has 0 bridgehead atoms. The third-order valence-electron chi connectivity index (χ3n) is 7.62. The Labute approximate surface area is 240 Å². The van der Waals surface area contributed by atoms with Crippen molar-refractivity contribution in [1.82, 2.24) is 10.6 Å². The standard InChI is InChI=1S/C31H52N2O3S2/c1-10-28(2,3)16-13-17-29(4,5)30(6,7)23-31(8,9)38-22-26(35)32-18-20-37-21-19-33-27(36)24-14-11-12-15-25(24)34/h11-15,17,34H,10,16,18-23H2,1-9H3,(H,32,35)(H,33,36). The number of carbonyl (C=O) groups excluding carboxylic acids is 2. The largest absolute Gasteiger partial charge is 0.507 e. The lowest BCUT2D eigenvalue weighted by Gasteiger charge is -2.44.